The fraction of sp³-hybridized carbons (Fsp3) is 0.273. The minimum atomic E-state index is -0.355. The number of ether oxygens (including phenoxy) is 1. The molecule has 3 rings (SSSR count). The lowest BCUT2D eigenvalue weighted by Crippen LogP contribution is -2.15. The van der Waals surface area contributed by atoms with Crippen LogP contribution in [0, 0.1) is 6.92 Å². The first-order valence-electron chi connectivity index (χ1n) is 9.74. The summed E-state index contributed by atoms with van der Waals surface area (Å²) in [5, 5.41) is 8.48. The molecule has 0 spiro atoms. The number of nitrogens with zero attached hydrogens (tertiary/aromatic N) is 2. The van der Waals surface area contributed by atoms with Crippen molar-refractivity contribution in [2.75, 3.05) is 17.2 Å². The van der Waals surface area contributed by atoms with E-state index in [1.54, 1.807) is 30.5 Å². The van der Waals surface area contributed by atoms with Crippen LogP contribution in [0.1, 0.15) is 41.4 Å². The van der Waals surface area contributed by atoms with Crippen LogP contribution in [0.3, 0.4) is 0 Å². The quantitative estimate of drug-likeness (QED) is 0.381. The Bertz CT molecular complexity index is 1000. The van der Waals surface area contributed by atoms with Gasteiger partial charge < -0.3 is 15.4 Å². The van der Waals surface area contributed by atoms with Crippen molar-refractivity contribution in [1.82, 2.24) is 9.97 Å². The number of carbonyl (C=O) groups excluding carboxylic acids is 2. The van der Waals surface area contributed by atoms with Gasteiger partial charge in [0.1, 0.15) is 5.82 Å². The zero-order valence-electron chi connectivity index (χ0n) is 17.0. The standard InChI is InChI=1S/C22H24N4O3S/c1-3-4-11-29-21(28)16-5-7-17(8-6-16)24-20(27)13-18-14-30-22(25-18)26-19-12-15(2)9-10-23-19/h5-10,12,14H,3-4,11,13H2,1-2H3,(H,24,27)(H,23,25,26). The third-order valence-electron chi connectivity index (χ3n) is 4.18. The maximum atomic E-state index is 12.3. The number of carbonyl (C=O) groups is 2. The fourth-order valence-electron chi connectivity index (χ4n) is 2.61. The van der Waals surface area contributed by atoms with E-state index in [0.29, 0.717) is 34.5 Å². The SMILES string of the molecule is CCCCOC(=O)c1ccc(NC(=O)Cc2csc(Nc3cc(C)ccn3)n2)cc1. The Hall–Kier alpha value is -3.26. The summed E-state index contributed by atoms with van der Waals surface area (Å²) in [5.41, 5.74) is 2.85. The van der Waals surface area contributed by atoms with Gasteiger partial charge in [-0.2, -0.15) is 0 Å². The number of benzene rings is 1. The Morgan fingerprint density at radius 3 is 2.70 bits per heavy atom. The van der Waals surface area contributed by atoms with Crippen LogP contribution in [0.25, 0.3) is 0 Å². The van der Waals surface area contributed by atoms with Crippen molar-refractivity contribution in [3.8, 4) is 0 Å². The molecule has 2 N–H and O–H groups in total. The summed E-state index contributed by atoms with van der Waals surface area (Å²) in [5.74, 6) is 0.180. The lowest BCUT2D eigenvalue weighted by Gasteiger charge is -2.06. The highest BCUT2D eigenvalue weighted by atomic mass is 32.1. The monoisotopic (exact) mass is 424 g/mol. The number of nitrogens with one attached hydrogen (secondary N) is 2. The van der Waals surface area contributed by atoms with E-state index in [9.17, 15) is 9.59 Å². The van der Waals surface area contributed by atoms with Gasteiger partial charge in [0.25, 0.3) is 0 Å². The molecule has 0 atom stereocenters. The van der Waals surface area contributed by atoms with Crippen molar-refractivity contribution in [3.63, 3.8) is 0 Å². The lowest BCUT2D eigenvalue weighted by atomic mass is 10.2. The number of aromatic nitrogens is 2. The molecule has 0 bridgehead atoms. The van der Waals surface area contributed by atoms with Gasteiger partial charge in [0, 0.05) is 17.3 Å². The van der Waals surface area contributed by atoms with Crippen molar-refractivity contribution in [2.45, 2.75) is 33.1 Å². The predicted molar refractivity (Wildman–Crippen MR) is 118 cm³/mol. The third-order valence-corrected chi connectivity index (χ3v) is 4.99. The first-order chi connectivity index (χ1) is 14.5. The van der Waals surface area contributed by atoms with E-state index in [0.717, 1.165) is 18.4 Å². The molecule has 0 fully saturated rings. The molecule has 8 heteroatoms. The van der Waals surface area contributed by atoms with Gasteiger partial charge in [0.2, 0.25) is 5.91 Å². The maximum Gasteiger partial charge on any atom is 0.338 e. The topological polar surface area (TPSA) is 93.2 Å². The summed E-state index contributed by atoms with van der Waals surface area (Å²) in [6, 6.07) is 10.5. The fourth-order valence-corrected chi connectivity index (χ4v) is 3.33. The Kier molecular flexibility index (Phi) is 7.51. The van der Waals surface area contributed by atoms with Crippen molar-refractivity contribution < 1.29 is 14.3 Å². The molecule has 0 aliphatic carbocycles. The first kappa shape index (κ1) is 21.4. The number of thiazole rings is 1. The number of rotatable bonds is 9. The van der Waals surface area contributed by atoms with E-state index in [2.05, 4.69) is 20.6 Å². The number of aryl methyl sites for hydroxylation is 1. The van der Waals surface area contributed by atoms with Gasteiger partial charge in [-0.1, -0.05) is 13.3 Å². The van der Waals surface area contributed by atoms with Gasteiger partial charge >= 0.3 is 5.97 Å². The molecule has 0 aliphatic heterocycles. The molecule has 1 aromatic carbocycles. The van der Waals surface area contributed by atoms with E-state index in [1.807, 2.05) is 31.4 Å². The second-order valence-electron chi connectivity index (χ2n) is 6.78. The zero-order chi connectivity index (χ0) is 21.3. The van der Waals surface area contributed by atoms with Gasteiger partial charge in [0.15, 0.2) is 5.13 Å². The van der Waals surface area contributed by atoms with Gasteiger partial charge in [-0.25, -0.2) is 14.8 Å². The lowest BCUT2D eigenvalue weighted by molar-refractivity contribution is -0.115. The third kappa shape index (κ3) is 6.38. The highest BCUT2D eigenvalue weighted by Crippen LogP contribution is 2.21. The van der Waals surface area contributed by atoms with Crippen LogP contribution in [0.2, 0.25) is 0 Å². The molecule has 156 valence electrons. The second kappa shape index (κ2) is 10.5. The molecule has 2 heterocycles. The minimum Gasteiger partial charge on any atom is -0.462 e. The maximum absolute atomic E-state index is 12.3. The van der Waals surface area contributed by atoms with E-state index in [4.69, 9.17) is 4.74 Å². The van der Waals surface area contributed by atoms with E-state index >= 15 is 0 Å². The number of hydrogen-bond donors (Lipinski definition) is 2. The highest BCUT2D eigenvalue weighted by molar-refractivity contribution is 7.13. The smallest absolute Gasteiger partial charge is 0.338 e. The summed E-state index contributed by atoms with van der Waals surface area (Å²) < 4.78 is 5.18. The number of amides is 1. The summed E-state index contributed by atoms with van der Waals surface area (Å²) in [4.78, 5) is 32.9. The zero-order valence-corrected chi connectivity index (χ0v) is 17.8. The molecule has 0 unspecified atom stereocenters. The number of pyridine rings is 1. The molecule has 7 nitrogen and oxygen atoms in total. The van der Waals surface area contributed by atoms with E-state index in [-0.39, 0.29) is 18.3 Å². The van der Waals surface area contributed by atoms with Gasteiger partial charge in [-0.05, 0) is 55.3 Å². The van der Waals surface area contributed by atoms with Crippen LogP contribution in [0.5, 0.6) is 0 Å². The molecule has 2 aromatic heterocycles. The van der Waals surface area contributed by atoms with Gasteiger partial charge in [-0.15, -0.1) is 11.3 Å². The summed E-state index contributed by atoms with van der Waals surface area (Å²) in [7, 11) is 0. The molecular weight excluding hydrogens is 400 g/mol. The normalized spacial score (nSPS) is 10.5. The Morgan fingerprint density at radius 2 is 1.97 bits per heavy atom. The number of esters is 1. The van der Waals surface area contributed by atoms with E-state index in [1.165, 1.54) is 11.3 Å². The molecule has 0 saturated heterocycles. The minimum absolute atomic E-state index is 0.153. The van der Waals surface area contributed by atoms with Crippen LogP contribution < -0.4 is 10.6 Å². The average Bonchev–Trinajstić information content (AvgIpc) is 3.15. The Balaban J connectivity index is 1.51. The van der Waals surface area contributed by atoms with Crippen LogP contribution in [-0.2, 0) is 16.0 Å². The molecule has 0 radical (unpaired) electrons. The molecule has 3 aromatic rings. The molecule has 0 saturated carbocycles. The summed E-state index contributed by atoms with van der Waals surface area (Å²) in [6.07, 6.45) is 3.70. The van der Waals surface area contributed by atoms with Crippen molar-refractivity contribution >= 4 is 39.9 Å². The average molecular weight is 425 g/mol. The molecular formula is C22H24N4O3S. The van der Waals surface area contributed by atoms with Crippen LogP contribution in [-0.4, -0.2) is 28.5 Å². The second-order valence-corrected chi connectivity index (χ2v) is 7.64. The summed E-state index contributed by atoms with van der Waals surface area (Å²) in [6.45, 7) is 4.44. The number of unbranched alkanes of at least 4 members (excludes halogenated alkanes) is 1. The van der Waals surface area contributed by atoms with Crippen LogP contribution in [0.4, 0.5) is 16.6 Å². The van der Waals surface area contributed by atoms with Gasteiger partial charge in [0.05, 0.1) is 24.3 Å². The Labute approximate surface area is 179 Å². The van der Waals surface area contributed by atoms with Gasteiger partial charge in [-0.3, -0.25) is 4.79 Å². The predicted octanol–water partition coefficient (Wildman–Crippen LogP) is 4.73. The molecule has 1 amide bonds. The van der Waals surface area contributed by atoms with Crippen LogP contribution >= 0.6 is 11.3 Å². The first-order valence-corrected chi connectivity index (χ1v) is 10.6. The Morgan fingerprint density at radius 1 is 1.17 bits per heavy atom. The van der Waals surface area contributed by atoms with Crippen molar-refractivity contribution in [3.05, 3.63) is 64.8 Å². The largest absolute Gasteiger partial charge is 0.462 e. The van der Waals surface area contributed by atoms with Crippen molar-refractivity contribution in [1.29, 1.82) is 0 Å². The molecule has 0 aliphatic rings. The number of hydrogen-bond acceptors (Lipinski definition) is 7. The number of anilines is 3. The summed E-state index contributed by atoms with van der Waals surface area (Å²) >= 11 is 1.42. The van der Waals surface area contributed by atoms with E-state index < -0.39 is 0 Å². The van der Waals surface area contributed by atoms with Crippen molar-refractivity contribution in [2.24, 2.45) is 0 Å². The van der Waals surface area contributed by atoms with Crippen LogP contribution in [0.15, 0.2) is 48.0 Å². The highest BCUT2D eigenvalue weighted by Gasteiger charge is 2.10. The molecule has 30 heavy (non-hydrogen) atoms.